The zero-order valence-electron chi connectivity index (χ0n) is 15.8. The van der Waals surface area contributed by atoms with Gasteiger partial charge in [-0.3, -0.25) is 4.79 Å². The van der Waals surface area contributed by atoms with Crippen LogP contribution in [0.1, 0.15) is 30.2 Å². The Labute approximate surface area is 162 Å². The third-order valence-electron chi connectivity index (χ3n) is 3.93. The summed E-state index contributed by atoms with van der Waals surface area (Å²) in [5.41, 5.74) is 0.971. The lowest BCUT2D eigenvalue weighted by Crippen LogP contribution is -2.32. The third-order valence-corrected chi connectivity index (χ3v) is 3.93. The molecule has 146 valence electrons. The Kier molecular flexibility index (Phi) is 6.21. The second kappa shape index (κ2) is 8.98. The van der Waals surface area contributed by atoms with E-state index in [1.807, 2.05) is 44.2 Å². The molecule has 3 rings (SSSR count). The van der Waals surface area contributed by atoms with Gasteiger partial charge in [-0.15, -0.1) is 0 Å². The molecule has 2 aromatic heterocycles. The second-order valence-electron chi connectivity index (χ2n) is 6.41. The zero-order chi connectivity index (χ0) is 19.9. The minimum Gasteiger partial charge on any atom is -0.492 e. The van der Waals surface area contributed by atoms with Crippen LogP contribution in [-0.4, -0.2) is 46.4 Å². The summed E-state index contributed by atoms with van der Waals surface area (Å²) in [7, 11) is 0. The van der Waals surface area contributed by atoms with Crippen LogP contribution < -0.4 is 10.1 Å². The normalized spacial score (nSPS) is 10.8. The summed E-state index contributed by atoms with van der Waals surface area (Å²) in [6.45, 7) is 4.27. The molecule has 0 saturated heterocycles. The lowest BCUT2D eigenvalue weighted by molar-refractivity contribution is -0.124. The van der Waals surface area contributed by atoms with E-state index in [1.54, 1.807) is 16.9 Å². The van der Waals surface area contributed by atoms with E-state index in [2.05, 4.69) is 15.4 Å². The quantitative estimate of drug-likeness (QED) is 0.475. The minimum atomic E-state index is -0.609. The second-order valence-corrected chi connectivity index (χ2v) is 6.41. The van der Waals surface area contributed by atoms with Gasteiger partial charge in [-0.1, -0.05) is 18.2 Å². The van der Waals surface area contributed by atoms with Gasteiger partial charge in [0.15, 0.2) is 12.3 Å². The topological polar surface area (TPSA) is 95.3 Å². The zero-order valence-corrected chi connectivity index (χ0v) is 15.8. The van der Waals surface area contributed by atoms with Crippen molar-refractivity contribution in [3.8, 4) is 5.75 Å². The van der Waals surface area contributed by atoms with Crippen molar-refractivity contribution in [1.82, 2.24) is 20.1 Å². The molecule has 0 saturated carbocycles. The van der Waals surface area contributed by atoms with Gasteiger partial charge in [-0.2, -0.15) is 5.10 Å². The Morgan fingerprint density at radius 3 is 2.71 bits per heavy atom. The highest BCUT2D eigenvalue weighted by atomic mass is 16.5. The molecule has 3 aromatic rings. The molecule has 0 fully saturated rings. The predicted octanol–water partition coefficient (Wildman–Crippen LogP) is 2.36. The molecule has 28 heavy (non-hydrogen) atoms. The first-order valence-electron chi connectivity index (χ1n) is 8.99. The molecule has 1 amide bonds. The van der Waals surface area contributed by atoms with Gasteiger partial charge in [0.05, 0.1) is 18.3 Å². The summed E-state index contributed by atoms with van der Waals surface area (Å²) in [5, 5.41) is 7.64. The summed E-state index contributed by atoms with van der Waals surface area (Å²) in [6.07, 6.45) is 3.08. The van der Waals surface area contributed by atoms with Crippen molar-refractivity contribution < 1.29 is 19.1 Å². The van der Waals surface area contributed by atoms with Crippen LogP contribution in [0.5, 0.6) is 5.75 Å². The fourth-order valence-electron chi connectivity index (χ4n) is 2.57. The van der Waals surface area contributed by atoms with E-state index in [9.17, 15) is 9.59 Å². The van der Waals surface area contributed by atoms with E-state index in [4.69, 9.17) is 9.47 Å². The summed E-state index contributed by atoms with van der Waals surface area (Å²) < 4.78 is 12.3. The maximum absolute atomic E-state index is 12.2. The number of para-hydroxylation sites is 1. The summed E-state index contributed by atoms with van der Waals surface area (Å²) >= 11 is 0. The monoisotopic (exact) mass is 382 g/mol. The van der Waals surface area contributed by atoms with E-state index in [0.29, 0.717) is 18.8 Å². The Bertz CT molecular complexity index is 953. The van der Waals surface area contributed by atoms with Gasteiger partial charge in [0.1, 0.15) is 12.4 Å². The number of carbonyl (C=O) groups is 2. The third kappa shape index (κ3) is 4.85. The van der Waals surface area contributed by atoms with Crippen molar-refractivity contribution in [3.63, 3.8) is 0 Å². The van der Waals surface area contributed by atoms with Crippen LogP contribution in [0.2, 0.25) is 0 Å². The number of carbonyl (C=O) groups excluding carboxylic acids is 2. The number of nitrogens with one attached hydrogen (secondary N) is 1. The van der Waals surface area contributed by atoms with Crippen molar-refractivity contribution in [2.24, 2.45) is 0 Å². The number of hydrogen-bond acceptors (Lipinski definition) is 6. The van der Waals surface area contributed by atoms with Gasteiger partial charge in [-0.25, -0.2) is 14.5 Å². The number of aromatic nitrogens is 3. The van der Waals surface area contributed by atoms with Crippen molar-refractivity contribution in [2.45, 2.75) is 19.9 Å². The standard InChI is InChI=1S/C20H22N4O4/c1-14(2)24-19-15(12-23-24)10-16(11-22-19)20(26)28-13-18(25)21-8-9-27-17-6-4-3-5-7-17/h3-7,10-12,14H,8-9,13H2,1-2H3,(H,21,25). The smallest absolute Gasteiger partial charge is 0.340 e. The molecule has 8 heteroatoms. The molecule has 0 spiro atoms. The molecule has 1 N–H and O–H groups in total. The number of fused-ring (bicyclic) bond motifs is 1. The molecule has 0 unspecified atom stereocenters. The predicted molar refractivity (Wildman–Crippen MR) is 103 cm³/mol. The Hall–Kier alpha value is -3.42. The van der Waals surface area contributed by atoms with Gasteiger partial charge in [-0.05, 0) is 32.0 Å². The van der Waals surface area contributed by atoms with Crippen molar-refractivity contribution in [1.29, 1.82) is 0 Å². The van der Waals surface area contributed by atoms with Crippen LogP contribution in [0, 0.1) is 0 Å². The van der Waals surface area contributed by atoms with Crippen LogP contribution in [0.4, 0.5) is 0 Å². The van der Waals surface area contributed by atoms with Crippen molar-refractivity contribution >= 4 is 22.9 Å². The van der Waals surface area contributed by atoms with E-state index < -0.39 is 11.9 Å². The number of rotatable bonds is 8. The van der Waals surface area contributed by atoms with Crippen LogP contribution in [0.25, 0.3) is 11.0 Å². The maximum Gasteiger partial charge on any atom is 0.340 e. The van der Waals surface area contributed by atoms with Crippen LogP contribution in [0.15, 0.2) is 48.8 Å². The largest absolute Gasteiger partial charge is 0.492 e. The highest BCUT2D eigenvalue weighted by molar-refractivity contribution is 5.94. The molecule has 0 atom stereocenters. The van der Waals surface area contributed by atoms with Crippen LogP contribution in [-0.2, 0) is 9.53 Å². The average Bonchev–Trinajstić information content (AvgIpc) is 3.13. The molecule has 0 aliphatic heterocycles. The highest BCUT2D eigenvalue weighted by Gasteiger charge is 2.14. The molecular weight excluding hydrogens is 360 g/mol. The lowest BCUT2D eigenvalue weighted by Gasteiger charge is -2.08. The summed E-state index contributed by atoms with van der Waals surface area (Å²) in [5.74, 6) is -0.277. The number of hydrogen-bond donors (Lipinski definition) is 1. The van der Waals surface area contributed by atoms with Crippen LogP contribution in [0.3, 0.4) is 0 Å². The molecule has 2 heterocycles. The number of benzene rings is 1. The Morgan fingerprint density at radius 1 is 1.18 bits per heavy atom. The average molecular weight is 382 g/mol. The van der Waals surface area contributed by atoms with Gasteiger partial charge in [0.25, 0.3) is 5.91 Å². The number of nitrogens with zero attached hydrogens (tertiary/aromatic N) is 3. The molecule has 1 aromatic carbocycles. The number of pyridine rings is 1. The van der Waals surface area contributed by atoms with Gasteiger partial charge >= 0.3 is 5.97 Å². The van der Waals surface area contributed by atoms with Crippen LogP contribution >= 0.6 is 0 Å². The SMILES string of the molecule is CC(C)n1ncc2cc(C(=O)OCC(=O)NCCOc3ccccc3)cnc21. The fraction of sp³-hybridized carbons (Fsp3) is 0.300. The van der Waals surface area contributed by atoms with Crippen molar-refractivity contribution in [3.05, 3.63) is 54.4 Å². The first-order valence-corrected chi connectivity index (χ1v) is 8.99. The number of amides is 1. The van der Waals surface area contributed by atoms with Crippen molar-refractivity contribution in [2.75, 3.05) is 19.8 Å². The molecular formula is C20H22N4O4. The van der Waals surface area contributed by atoms with Gasteiger partial charge in [0, 0.05) is 17.6 Å². The number of esters is 1. The summed E-state index contributed by atoms with van der Waals surface area (Å²) in [6, 6.07) is 11.1. The minimum absolute atomic E-state index is 0.164. The van der Waals surface area contributed by atoms with E-state index in [0.717, 1.165) is 11.1 Å². The first kappa shape index (κ1) is 19.3. The molecule has 0 aliphatic rings. The van der Waals surface area contributed by atoms with E-state index in [1.165, 1.54) is 6.20 Å². The number of ether oxygens (including phenoxy) is 2. The maximum atomic E-state index is 12.2. The van der Waals surface area contributed by atoms with Gasteiger partial charge in [0.2, 0.25) is 0 Å². The fourth-order valence-corrected chi connectivity index (χ4v) is 2.57. The van der Waals surface area contributed by atoms with E-state index in [-0.39, 0.29) is 18.2 Å². The highest BCUT2D eigenvalue weighted by Crippen LogP contribution is 2.17. The Morgan fingerprint density at radius 2 is 1.96 bits per heavy atom. The molecule has 8 nitrogen and oxygen atoms in total. The lowest BCUT2D eigenvalue weighted by atomic mass is 10.2. The molecule has 0 radical (unpaired) electrons. The van der Waals surface area contributed by atoms with E-state index >= 15 is 0 Å². The Balaban J connectivity index is 1.44. The first-order chi connectivity index (χ1) is 13.5. The molecule has 0 bridgehead atoms. The molecule has 0 aliphatic carbocycles. The summed E-state index contributed by atoms with van der Waals surface area (Å²) in [4.78, 5) is 28.2. The van der Waals surface area contributed by atoms with Gasteiger partial charge < -0.3 is 14.8 Å².